The monoisotopic (exact) mass is 330 g/mol. The van der Waals surface area contributed by atoms with E-state index in [1.165, 1.54) is 18.4 Å². The molecule has 1 aliphatic rings. The van der Waals surface area contributed by atoms with Crippen LogP contribution in [0.3, 0.4) is 0 Å². The van der Waals surface area contributed by atoms with Crippen LogP contribution in [-0.2, 0) is 9.53 Å². The van der Waals surface area contributed by atoms with E-state index in [1.807, 2.05) is 17.5 Å². The first kappa shape index (κ1) is 15.3. The summed E-state index contributed by atoms with van der Waals surface area (Å²) in [6.45, 7) is 1.59. The molecule has 1 aliphatic heterocycles. The molecule has 0 N–H and O–H groups in total. The Hall–Kier alpha value is -2.60. The smallest absolute Gasteiger partial charge is 0.346 e. The zero-order chi connectivity index (χ0) is 16.4. The maximum atomic E-state index is 12.3. The van der Waals surface area contributed by atoms with Crippen LogP contribution in [0.5, 0.6) is 11.5 Å². The first-order chi connectivity index (χ1) is 11.1. The Morgan fingerprint density at radius 3 is 2.87 bits per heavy atom. The largest absolute Gasteiger partial charge is 0.479 e. The normalized spacial score (nSPS) is 15.9. The molecule has 1 atom stereocenters. The Balaban J connectivity index is 1.81. The fourth-order valence-electron chi connectivity index (χ4n) is 2.16. The standard InChI is InChI=1S/C17H14O5S/c1-10(17(19)20-2)21-11-5-6-13-14(8-11)22-15(16(13)18)9-12-4-3-7-23-12/h3-10H,1-2H3. The fraction of sp³-hybridized carbons (Fsp3) is 0.176. The first-order valence-electron chi connectivity index (χ1n) is 6.95. The van der Waals surface area contributed by atoms with Gasteiger partial charge in [-0.3, -0.25) is 4.79 Å². The van der Waals surface area contributed by atoms with Gasteiger partial charge in [0.15, 0.2) is 11.9 Å². The number of rotatable bonds is 4. The Morgan fingerprint density at radius 1 is 1.35 bits per heavy atom. The van der Waals surface area contributed by atoms with E-state index in [2.05, 4.69) is 4.74 Å². The van der Waals surface area contributed by atoms with E-state index in [4.69, 9.17) is 9.47 Å². The summed E-state index contributed by atoms with van der Waals surface area (Å²) < 4.78 is 15.7. The average Bonchev–Trinajstić information content (AvgIpc) is 3.15. The minimum Gasteiger partial charge on any atom is -0.479 e. The third kappa shape index (κ3) is 3.12. The van der Waals surface area contributed by atoms with Crippen LogP contribution in [0.15, 0.2) is 41.5 Å². The molecule has 6 heteroatoms. The van der Waals surface area contributed by atoms with E-state index in [0.29, 0.717) is 17.1 Å². The number of carbonyl (C=O) groups is 2. The van der Waals surface area contributed by atoms with Gasteiger partial charge in [0.2, 0.25) is 5.78 Å². The summed E-state index contributed by atoms with van der Waals surface area (Å²) in [4.78, 5) is 24.6. The molecule has 0 saturated carbocycles. The topological polar surface area (TPSA) is 61.8 Å². The van der Waals surface area contributed by atoms with E-state index in [0.717, 1.165) is 4.88 Å². The van der Waals surface area contributed by atoms with Gasteiger partial charge in [0.1, 0.15) is 11.5 Å². The van der Waals surface area contributed by atoms with Gasteiger partial charge in [0.25, 0.3) is 0 Å². The number of esters is 1. The maximum Gasteiger partial charge on any atom is 0.346 e. The number of carbonyl (C=O) groups excluding carboxylic acids is 2. The van der Waals surface area contributed by atoms with Crippen molar-refractivity contribution < 1.29 is 23.8 Å². The van der Waals surface area contributed by atoms with Crippen LogP contribution in [-0.4, -0.2) is 25.0 Å². The molecule has 5 nitrogen and oxygen atoms in total. The lowest BCUT2D eigenvalue weighted by atomic mass is 10.1. The van der Waals surface area contributed by atoms with Gasteiger partial charge in [0, 0.05) is 17.0 Å². The zero-order valence-electron chi connectivity index (χ0n) is 12.6. The van der Waals surface area contributed by atoms with Crippen LogP contribution >= 0.6 is 11.3 Å². The highest BCUT2D eigenvalue weighted by Gasteiger charge is 2.28. The number of methoxy groups -OCH3 is 1. The van der Waals surface area contributed by atoms with Crippen LogP contribution in [0.1, 0.15) is 22.2 Å². The minimum atomic E-state index is -0.740. The van der Waals surface area contributed by atoms with Crippen LogP contribution in [0.4, 0.5) is 0 Å². The Bertz CT molecular complexity index is 776. The molecule has 23 heavy (non-hydrogen) atoms. The molecule has 1 unspecified atom stereocenters. The first-order valence-corrected chi connectivity index (χ1v) is 7.82. The molecular formula is C17H14O5S. The van der Waals surface area contributed by atoms with Crippen molar-refractivity contribution >= 4 is 29.2 Å². The number of Topliss-reactive ketones (excluding diaryl/α,β-unsaturated/α-hetero) is 1. The Morgan fingerprint density at radius 2 is 2.17 bits per heavy atom. The van der Waals surface area contributed by atoms with Gasteiger partial charge < -0.3 is 14.2 Å². The van der Waals surface area contributed by atoms with Crippen molar-refractivity contribution in [1.29, 1.82) is 0 Å². The minimum absolute atomic E-state index is 0.166. The lowest BCUT2D eigenvalue weighted by Crippen LogP contribution is -2.24. The van der Waals surface area contributed by atoms with E-state index in [-0.39, 0.29) is 11.5 Å². The van der Waals surface area contributed by atoms with Crippen molar-refractivity contribution in [2.24, 2.45) is 0 Å². The van der Waals surface area contributed by atoms with Crippen molar-refractivity contribution in [3.63, 3.8) is 0 Å². The number of thiophene rings is 1. The van der Waals surface area contributed by atoms with E-state index in [1.54, 1.807) is 31.2 Å². The lowest BCUT2D eigenvalue weighted by Gasteiger charge is -2.12. The predicted molar refractivity (Wildman–Crippen MR) is 85.8 cm³/mol. The van der Waals surface area contributed by atoms with E-state index < -0.39 is 12.1 Å². The lowest BCUT2D eigenvalue weighted by molar-refractivity contribution is -0.147. The van der Waals surface area contributed by atoms with Gasteiger partial charge in [0.05, 0.1) is 12.7 Å². The van der Waals surface area contributed by atoms with Crippen molar-refractivity contribution in [2.75, 3.05) is 7.11 Å². The summed E-state index contributed by atoms with van der Waals surface area (Å²) in [6.07, 6.45) is 0.973. The van der Waals surface area contributed by atoms with Crippen LogP contribution < -0.4 is 9.47 Å². The molecule has 0 aliphatic carbocycles. The van der Waals surface area contributed by atoms with Gasteiger partial charge in [-0.2, -0.15) is 0 Å². The third-order valence-corrected chi connectivity index (χ3v) is 4.12. The third-order valence-electron chi connectivity index (χ3n) is 3.30. The second-order valence-corrected chi connectivity index (χ2v) is 5.88. The summed E-state index contributed by atoms with van der Waals surface area (Å²) >= 11 is 1.52. The molecule has 3 rings (SSSR count). The summed E-state index contributed by atoms with van der Waals surface area (Å²) in [7, 11) is 1.30. The maximum absolute atomic E-state index is 12.3. The summed E-state index contributed by atoms with van der Waals surface area (Å²) in [5.74, 6) is 0.501. The highest BCUT2D eigenvalue weighted by Crippen LogP contribution is 2.35. The Labute approximate surface area is 137 Å². The molecule has 0 amide bonds. The van der Waals surface area contributed by atoms with Gasteiger partial charge in [-0.05, 0) is 30.5 Å². The van der Waals surface area contributed by atoms with Crippen molar-refractivity contribution in [3.05, 3.63) is 51.9 Å². The number of fused-ring (bicyclic) bond motifs is 1. The second-order valence-electron chi connectivity index (χ2n) is 4.90. The highest BCUT2D eigenvalue weighted by atomic mass is 32.1. The van der Waals surface area contributed by atoms with Crippen molar-refractivity contribution in [3.8, 4) is 11.5 Å². The number of hydrogen-bond acceptors (Lipinski definition) is 6. The summed E-state index contributed by atoms with van der Waals surface area (Å²) in [5.41, 5.74) is 0.478. The number of ketones is 1. The Kier molecular flexibility index (Phi) is 4.16. The van der Waals surface area contributed by atoms with Gasteiger partial charge in [-0.15, -0.1) is 11.3 Å². The average molecular weight is 330 g/mol. The predicted octanol–water partition coefficient (Wildman–Crippen LogP) is 3.30. The number of allylic oxidation sites excluding steroid dienone is 1. The molecule has 118 valence electrons. The number of ether oxygens (including phenoxy) is 3. The molecule has 1 aromatic heterocycles. The molecule has 1 aromatic carbocycles. The molecular weight excluding hydrogens is 316 g/mol. The summed E-state index contributed by atoms with van der Waals surface area (Å²) in [6, 6.07) is 8.68. The molecule has 0 bridgehead atoms. The molecule has 0 spiro atoms. The molecule has 0 fully saturated rings. The SMILES string of the molecule is COC(=O)C(C)Oc1ccc2c(c1)OC(=Cc1cccs1)C2=O. The molecule has 0 radical (unpaired) electrons. The summed E-state index contributed by atoms with van der Waals surface area (Å²) in [5, 5.41) is 1.93. The fourth-order valence-corrected chi connectivity index (χ4v) is 2.81. The molecule has 2 aromatic rings. The second kappa shape index (κ2) is 6.26. The van der Waals surface area contributed by atoms with Gasteiger partial charge in [-0.25, -0.2) is 4.79 Å². The van der Waals surface area contributed by atoms with E-state index in [9.17, 15) is 9.59 Å². The quantitative estimate of drug-likeness (QED) is 0.636. The molecule has 0 saturated heterocycles. The highest BCUT2D eigenvalue weighted by molar-refractivity contribution is 7.10. The van der Waals surface area contributed by atoms with Crippen molar-refractivity contribution in [2.45, 2.75) is 13.0 Å². The molecule has 2 heterocycles. The van der Waals surface area contributed by atoms with Crippen LogP contribution in [0.2, 0.25) is 0 Å². The zero-order valence-corrected chi connectivity index (χ0v) is 13.4. The van der Waals surface area contributed by atoms with Gasteiger partial charge >= 0.3 is 5.97 Å². The van der Waals surface area contributed by atoms with Crippen molar-refractivity contribution in [1.82, 2.24) is 0 Å². The number of hydrogen-bond donors (Lipinski definition) is 0. The van der Waals surface area contributed by atoms with Gasteiger partial charge in [-0.1, -0.05) is 6.07 Å². The van der Waals surface area contributed by atoms with Crippen LogP contribution in [0, 0.1) is 0 Å². The number of benzene rings is 1. The van der Waals surface area contributed by atoms with Crippen LogP contribution in [0.25, 0.3) is 6.08 Å². The van der Waals surface area contributed by atoms with E-state index >= 15 is 0 Å².